The summed E-state index contributed by atoms with van der Waals surface area (Å²) in [5, 5.41) is 21.5. The Morgan fingerprint density at radius 3 is 2.45 bits per heavy atom. The number of nitrogens with one attached hydrogen (secondary N) is 2. The molecule has 4 N–H and O–H groups in total. The molecule has 1 saturated heterocycles. The number of thiophene rings is 1. The molecule has 4 amide bonds. The van der Waals surface area contributed by atoms with Gasteiger partial charge in [-0.3, -0.25) is 28.7 Å². The van der Waals surface area contributed by atoms with E-state index in [-0.39, 0.29) is 48.1 Å². The number of carbonyl (C=O) groups is 4. The van der Waals surface area contributed by atoms with E-state index in [9.17, 15) is 19.2 Å². The van der Waals surface area contributed by atoms with Gasteiger partial charge in [-0.25, -0.2) is 14.6 Å². The number of aryl methyl sites for hydroxylation is 2. The van der Waals surface area contributed by atoms with Gasteiger partial charge in [0.05, 0.1) is 56.4 Å². The molecule has 2 atom stereocenters. The van der Waals surface area contributed by atoms with E-state index in [0.717, 1.165) is 62.8 Å². The quantitative estimate of drug-likeness (QED) is 0.0597. The molecule has 0 aliphatic carbocycles. The van der Waals surface area contributed by atoms with Gasteiger partial charge in [-0.2, -0.15) is 5.10 Å². The summed E-state index contributed by atoms with van der Waals surface area (Å²) in [6.45, 7) is 13.9. The Morgan fingerprint density at radius 2 is 1.69 bits per heavy atom. The van der Waals surface area contributed by atoms with Crippen molar-refractivity contribution in [1.82, 2.24) is 54.5 Å². The number of likely N-dealkylation sites (N-methyl/N-ethyl adjacent to an activating group) is 2. The van der Waals surface area contributed by atoms with Gasteiger partial charge in [-0.05, 0) is 95.0 Å². The number of rotatable bonds is 20. The number of hydrogen-bond acceptors (Lipinski definition) is 15. The van der Waals surface area contributed by atoms with Gasteiger partial charge >= 0.3 is 0 Å². The van der Waals surface area contributed by atoms with Crippen molar-refractivity contribution in [2.45, 2.75) is 72.4 Å². The zero-order valence-electron chi connectivity index (χ0n) is 43.8. The molecule has 4 aromatic heterocycles. The molecule has 396 valence electrons. The Kier molecular flexibility index (Phi) is 17.5. The van der Waals surface area contributed by atoms with Gasteiger partial charge in [-0.1, -0.05) is 35.9 Å². The van der Waals surface area contributed by atoms with Gasteiger partial charge in [-0.15, -0.1) is 21.5 Å². The molecule has 20 nitrogen and oxygen atoms in total. The van der Waals surface area contributed by atoms with Crippen LogP contribution in [0.3, 0.4) is 0 Å². The Hall–Kier alpha value is -6.91. The predicted molar refractivity (Wildman–Crippen MR) is 290 cm³/mol. The molecule has 1 fully saturated rings. The first-order valence-corrected chi connectivity index (χ1v) is 26.2. The number of amides is 4. The van der Waals surface area contributed by atoms with Crippen LogP contribution in [-0.2, 0) is 30.3 Å². The second-order valence-corrected chi connectivity index (χ2v) is 20.8. The summed E-state index contributed by atoms with van der Waals surface area (Å²) in [6, 6.07) is 10.4. The number of halogens is 1. The largest absolute Gasteiger partial charge is 0.383 e. The smallest absolute Gasteiger partial charge is 0.277 e. The van der Waals surface area contributed by atoms with Crippen LogP contribution >= 0.6 is 22.9 Å². The van der Waals surface area contributed by atoms with Crippen LogP contribution in [0.2, 0.25) is 5.02 Å². The van der Waals surface area contributed by atoms with Crippen molar-refractivity contribution in [2.75, 3.05) is 91.3 Å². The fourth-order valence-electron chi connectivity index (χ4n) is 9.19. The zero-order chi connectivity index (χ0) is 53.5. The number of anilines is 2. The lowest BCUT2D eigenvalue weighted by molar-refractivity contribution is -0.128. The number of carbonyl (C=O) groups excluding carboxylic acids is 4. The van der Waals surface area contributed by atoms with Gasteiger partial charge in [0.2, 0.25) is 17.7 Å². The van der Waals surface area contributed by atoms with E-state index in [0.29, 0.717) is 86.7 Å². The molecule has 6 heterocycles. The summed E-state index contributed by atoms with van der Waals surface area (Å²) in [7, 11) is 5.40. The fraction of sp³-hybridized carbons (Fsp3) is 0.434. The third-order valence-corrected chi connectivity index (χ3v) is 15.2. The van der Waals surface area contributed by atoms with Crippen LogP contribution in [0.25, 0.3) is 16.0 Å². The highest BCUT2D eigenvalue weighted by molar-refractivity contribution is 7.15. The van der Waals surface area contributed by atoms with Crippen LogP contribution in [0.4, 0.5) is 11.5 Å². The number of aromatic nitrogens is 7. The number of benzene rings is 2. The van der Waals surface area contributed by atoms with Gasteiger partial charge in [0.25, 0.3) is 5.91 Å². The molecule has 6 aromatic rings. The second-order valence-electron chi connectivity index (χ2n) is 19.1. The van der Waals surface area contributed by atoms with Crippen molar-refractivity contribution in [3.8, 4) is 5.00 Å². The maximum absolute atomic E-state index is 13.9. The summed E-state index contributed by atoms with van der Waals surface area (Å²) < 4.78 is 15.3. The van der Waals surface area contributed by atoms with Crippen molar-refractivity contribution in [3.63, 3.8) is 0 Å². The number of nitrogens with two attached hydrogens (primary N) is 1. The van der Waals surface area contributed by atoms with Gasteiger partial charge < -0.3 is 40.5 Å². The van der Waals surface area contributed by atoms with E-state index >= 15 is 0 Å². The molecule has 0 bridgehead atoms. The van der Waals surface area contributed by atoms with Crippen LogP contribution in [0, 0.1) is 34.6 Å². The minimum absolute atomic E-state index is 0.0141. The highest BCUT2D eigenvalue weighted by Crippen LogP contribution is 2.40. The lowest BCUT2D eigenvalue weighted by atomic mass is 9.98. The van der Waals surface area contributed by atoms with Crippen LogP contribution in [0.1, 0.15) is 91.7 Å². The normalized spacial score (nSPS) is 15.5. The summed E-state index contributed by atoms with van der Waals surface area (Å²) in [5.74, 6) is 0.701. The molecule has 75 heavy (non-hydrogen) atoms. The first-order valence-electron chi connectivity index (χ1n) is 25.0. The number of hydrogen-bond donors (Lipinski definition) is 3. The molecule has 22 heteroatoms. The molecule has 0 saturated carbocycles. The van der Waals surface area contributed by atoms with Crippen LogP contribution in [0.15, 0.2) is 59.9 Å². The third-order valence-electron chi connectivity index (χ3n) is 13.7. The van der Waals surface area contributed by atoms with Gasteiger partial charge in [0, 0.05) is 79.6 Å². The van der Waals surface area contributed by atoms with Crippen molar-refractivity contribution in [3.05, 3.63) is 116 Å². The highest BCUT2D eigenvalue weighted by atomic mass is 35.5. The maximum Gasteiger partial charge on any atom is 0.277 e. The molecule has 0 unspecified atom stereocenters. The SMILES string of the molecule is Cc1sc2c(c1C)C(c1ccc(Cl)cc1)=N[C@@H](CC(=O)NCCOCCOCCN(C)C/C=C/C(=O)N1CCC[C@@H](n3nc(C(=O)Nc4ccc(CC(=O)N(C)C)c(C)c4C)c4c(N)ncnc43)C1)c1nnc(C)n1-2. The summed E-state index contributed by atoms with van der Waals surface area (Å²) in [6.07, 6.45) is 6.57. The minimum atomic E-state index is -0.562. The Morgan fingerprint density at radius 1 is 0.933 bits per heavy atom. The number of aliphatic imine (C=N–C) groups is 1. The maximum atomic E-state index is 13.9. The number of piperidine rings is 1. The average molecular weight is 1060 g/mol. The van der Waals surface area contributed by atoms with Crippen molar-refractivity contribution in [1.29, 1.82) is 0 Å². The predicted octanol–water partition coefficient (Wildman–Crippen LogP) is 5.91. The molecule has 0 radical (unpaired) electrons. The summed E-state index contributed by atoms with van der Waals surface area (Å²) >= 11 is 7.91. The Labute approximate surface area is 445 Å². The topological polar surface area (TPSA) is 233 Å². The fourth-order valence-corrected chi connectivity index (χ4v) is 10.5. The van der Waals surface area contributed by atoms with E-state index in [1.807, 2.05) is 68.8 Å². The van der Waals surface area contributed by atoms with Crippen LogP contribution < -0.4 is 16.4 Å². The molecule has 2 aliphatic heterocycles. The number of fused-ring (bicyclic) bond motifs is 4. The zero-order valence-corrected chi connectivity index (χ0v) is 45.3. The Balaban J connectivity index is 0.755. The van der Waals surface area contributed by atoms with Crippen LogP contribution in [-0.4, -0.2) is 159 Å². The molecule has 2 aromatic carbocycles. The van der Waals surface area contributed by atoms with Gasteiger partial charge in [0.15, 0.2) is 17.2 Å². The number of likely N-dealkylation sites (tertiary alicyclic amines) is 1. The molecular formula is C53H65ClN14O6S. The minimum Gasteiger partial charge on any atom is -0.383 e. The van der Waals surface area contributed by atoms with Gasteiger partial charge in [0.1, 0.15) is 29.0 Å². The Bertz CT molecular complexity index is 3150. The number of nitrogen functional groups attached to an aromatic ring is 1. The average Bonchev–Trinajstić information content (AvgIpc) is 4.04. The van der Waals surface area contributed by atoms with Crippen LogP contribution in [0.5, 0.6) is 0 Å². The summed E-state index contributed by atoms with van der Waals surface area (Å²) in [4.78, 5) is 73.5. The number of ether oxygens (including phenoxy) is 2. The first kappa shape index (κ1) is 54.4. The molecular weight excluding hydrogens is 996 g/mol. The molecule has 8 rings (SSSR count). The number of nitrogens with zero attached hydrogens (tertiary/aromatic N) is 11. The van der Waals surface area contributed by atoms with E-state index in [2.05, 4.69) is 49.5 Å². The summed E-state index contributed by atoms with van der Waals surface area (Å²) in [5.41, 5.74) is 13.9. The van der Waals surface area contributed by atoms with Crippen molar-refractivity contribution in [2.24, 2.45) is 4.99 Å². The van der Waals surface area contributed by atoms with E-state index in [1.165, 1.54) is 11.2 Å². The molecule has 0 spiro atoms. The standard InChI is InChI=1S/C53H65ClN14O6S/c1-31-32(2)40(18-15-37(31)27-44(71)64(6)7)60-52(72)48-46-49(55)57-30-58-51(46)68(63-48)39-11-9-21-66(29-39)43(70)12-10-20-65(8)22-24-74-26-25-73-23-19-56-42(69)28-41-50-62-61-35(5)67(50)53-45(33(3)34(4)75-53)47(59-41)36-13-16-38(54)17-14-36/h10,12-18,30,39,41H,9,11,19-29H2,1-8H3,(H,56,69)(H,60,72)(H2,55,57,58)/b12-10+/t39-,41+/m1/s1. The monoisotopic (exact) mass is 1060 g/mol. The lowest BCUT2D eigenvalue weighted by Crippen LogP contribution is -2.40. The van der Waals surface area contributed by atoms with Crippen molar-refractivity contribution >= 4 is 74.8 Å². The van der Waals surface area contributed by atoms with E-state index < -0.39 is 11.9 Å². The highest BCUT2D eigenvalue weighted by Gasteiger charge is 2.33. The van der Waals surface area contributed by atoms with E-state index in [1.54, 1.807) is 52.1 Å². The third kappa shape index (κ3) is 12.5. The lowest BCUT2D eigenvalue weighted by Gasteiger charge is -2.32. The second kappa shape index (κ2) is 24.2. The van der Waals surface area contributed by atoms with Crippen molar-refractivity contribution < 1.29 is 28.7 Å². The molecule has 2 aliphatic rings. The first-order chi connectivity index (χ1) is 36.0. The van der Waals surface area contributed by atoms with E-state index in [4.69, 9.17) is 36.9 Å².